The Morgan fingerprint density at radius 1 is 0.794 bits per heavy atom. The number of piperazine rings is 1. The van der Waals surface area contributed by atoms with Crippen molar-refractivity contribution in [1.29, 1.82) is 0 Å². The summed E-state index contributed by atoms with van der Waals surface area (Å²) in [5.41, 5.74) is 6.07. The number of fused-ring (bicyclic) bond motifs is 1. The number of nitrogens with one attached hydrogen (secondary N) is 1. The van der Waals surface area contributed by atoms with Gasteiger partial charge in [-0.2, -0.15) is 0 Å². The van der Waals surface area contributed by atoms with Crippen LogP contribution in [0.1, 0.15) is 15.9 Å². The number of carbonyl (C=O) groups is 1. The minimum absolute atomic E-state index is 0.0861. The van der Waals surface area contributed by atoms with Gasteiger partial charge in [0.2, 0.25) is 0 Å². The molecule has 0 spiro atoms. The molecular formula is C27H29N5O2. The molecule has 7 heteroatoms. The third-order valence-electron chi connectivity index (χ3n) is 6.66. The van der Waals surface area contributed by atoms with E-state index in [0.717, 1.165) is 48.5 Å². The Hall–Kier alpha value is -4.00. The van der Waals surface area contributed by atoms with Crippen molar-refractivity contribution in [1.82, 2.24) is 9.13 Å². The van der Waals surface area contributed by atoms with E-state index in [1.54, 1.807) is 23.2 Å². The average Bonchev–Trinajstić information content (AvgIpc) is 3.07. The van der Waals surface area contributed by atoms with Gasteiger partial charge >= 0.3 is 5.69 Å². The lowest BCUT2D eigenvalue weighted by molar-refractivity contribution is 0.102. The molecule has 174 valence electrons. The second-order valence-corrected chi connectivity index (χ2v) is 8.89. The summed E-state index contributed by atoms with van der Waals surface area (Å²) in [4.78, 5) is 30.4. The predicted octanol–water partition coefficient (Wildman–Crippen LogP) is 3.76. The monoisotopic (exact) mass is 455 g/mol. The highest BCUT2D eigenvalue weighted by molar-refractivity contribution is 6.07. The zero-order valence-corrected chi connectivity index (χ0v) is 19.8. The number of anilines is 3. The van der Waals surface area contributed by atoms with E-state index in [4.69, 9.17) is 0 Å². The molecule has 1 aromatic heterocycles. The molecule has 2 heterocycles. The molecule has 0 unspecified atom stereocenters. The summed E-state index contributed by atoms with van der Waals surface area (Å²) < 4.78 is 3.28. The molecule has 1 amide bonds. The summed E-state index contributed by atoms with van der Waals surface area (Å²) in [6, 6.07) is 21.9. The summed E-state index contributed by atoms with van der Waals surface area (Å²) in [5.74, 6) is -0.159. The van der Waals surface area contributed by atoms with Crippen LogP contribution >= 0.6 is 0 Å². The molecule has 1 aliphatic heterocycles. The molecule has 1 N–H and O–H groups in total. The van der Waals surface area contributed by atoms with Crippen LogP contribution in [0.25, 0.3) is 11.0 Å². The molecule has 0 aliphatic carbocycles. The average molecular weight is 456 g/mol. The van der Waals surface area contributed by atoms with Gasteiger partial charge in [-0.05, 0) is 43.3 Å². The van der Waals surface area contributed by atoms with Crippen LogP contribution in [0.4, 0.5) is 17.1 Å². The first-order chi connectivity index (χ1) is 16.4. The summed E-state index contributed by atoms with van der Waals surface area (Å²) in [6.07, 6.45) is 0. The second kappa shape index (κ2) is 8.74. The smallest absolute Gasteiger partial charge is 0.328 e. The van der Waals surface area contributed by atoms with E-state index in [1.165, 1.54) is 5.69 Å². The van der Waals surface area contributed by atoms with Crippen LogP contribution in [0.5, 0.6) is 0 Å². The van der Waals surface area contributed by atoms with Crippen LogP contribution in [-0.4, -0.2) is 41.2 Å². The number of para-hydroxylation sites is 1. The highest BCUT2D eigenvalue weighted by atomic mass is 16.2. The van der Waals surface area contributed by atoms with Gasteiger partial charge in [-0.1, -0.05) is 35.9 Å². The number of hydrogen-bond donors (Lipinski definition) is 1. The van der Waals surface area contributed by atoms with Crippen LogP contribution in [0.15, 0.2) is 71.5 Å². The summed E-state index contributed by atoms with van der Waals surface area (Å²) in [6.45, 7) is 5.35. The Morgan fingerprint density at radius 3 is 2.12 bits per heavy atom. The molecule has 1 aliphatic rings. The maximum atomic E-state index is 13.1. The predicted molar refractivity (Wildman–Crippen MR) is 138 cm³/mol. The van der Waals surface area contributed by atoms with Gasteiger partial charge < -0.3 is 15.1 Å². The zero-order valence-electron chi connectivity index (χ0n) is 19.8. The first-order valence-electron chi connectivity index (χ1n) is 11.5. The van der Waals surface area contributed by atoms with E-state index < -0.39 is 0 Å². The molecule has 7 nitrogen and oxygen atoms in total. The van der Waals surface area contributed by atoms with E-state index in [-0.39, 0.29) is 11.6 Å². The number of carbonyl (C=O) groups excluding carboxylic acids is 1. The summed E-state index contributed by atoms with van der Waals surface area (Å²) in [5, 5.41) is 3.12. The normalized spacial score (nSPS) is 14.0. The molecule has 3 aromatic carbocycles. The number of rotatable bonds is 4. The third-order valence-corrected chi connectivity index (χ3v) is 6.66. The van der Waals surface area contributed by atoms with Crippen molar-refractivity contribution in [2.24, 2.45) is 14.1 Å². The number of amides is 1. The van der Waals surface area contributed by atoms with Gasteiger partial charge in [-0.25, -0.2) is 4.79 Å². The molecule has 1 fully saturated rings. The van der Waals surface area contributed by atoms with Gasteiger partial charge in [0, 0.05) is 51.5 Å². The van der Waals surface area contributed by atoms with E-state index in [9.17, 15) is 9.59 Å². The molecule has 0 radical (unpaired) electrons. The molecule has 1 saturated heterocycles. The minimum atomic E-state index is -0.159. The van der Waals surface area contributed by atoms with Crippen molar-refractivity contribution in [3.8, 4) is 0 Å². The Bertz CT molecular complexity index is 1410. The molecule has 0 saturated carbocycles. The van der Waals surface area contributed by atoms with Crippen molar-refractivity contribution < 1.29 is 4.79 Å². The number of nitrogens with zero attached hydrogens (tertiary/aromatic N) is 4. The fourth-order valence-corrected chi connectivity index (χ4v) is 4.72. The lowest BCUT2D eigenvalue weighted by Gasteiger charge is -2.38. The topological polar surface area (TPSA) is 62.5 Å². The minimum Gasteiger partial charge on any atom is -0.368 e. The lowest BCUT2D eigenvalue weighted by atomic mass is 10.1. The van der Waals surface area contributed by atoms with Crippen molar-refractivity contribution >= 4 is 34.0 Å². The maximum absolute atomic E-state index is 13.1. The maximum Gasteiger partial charge on any atom is 0.328 e. The van der Waals surface area contributed by atoms with Crippen molar-refractivity contribution in [3.63, 3.8) is 0 Å². The first-order valence-corrected chi connectivity index (χ1v) is 11.5. The second-order valence-electron chi connectivity index (χ2n) is 8.89. The van der Waals surface area contributed by atoms with E-state index in [0.29, 0.717) is 11.3 Å². The molecule has 4 aromatic rings. The van der Waals surface area contributed by atoms with E-state index in [2.05, 4.69) is 39.4 Å². The Labute approximate surface area is 198 Å². The van der Waals surface area contributed by atoms with Crippen LogP contribution in [0.3, 0.4) is 0 Å². The number of benzene rings is 3. The fourth-order valence-electron chi connectivity index (χ4n) is 4.72. The molecule has 5 rings (SSSR count). The number of aryl methyl sites for hydroxylation is 3. The van der Waals surface area contributed by atoms with Crippen molar-refractivity contribution in [2.45, 2.75) is 6.92 Å². The molecule has 0 bridgehead atoms. The van der Waals surface area contributed by atoms with Gasteiger partial charge in [0.1, 0.15) is 0 Å². The number of imidazole rings is 1. The van der Waals surface area contributed by atoms with Crippen molar-refractivity contribution in [2.75, 3.05) is 41.3 Å². The summed E-state index contributed by atoms with van der Waals surface area (Å²) >= 11 is 0. The van der Waals surface area contributed by atoms with Crippen LogP contribution in [0, 0.1) is 6.92 Å². The van der Waals surface area contributed by atoms with Crippen LogP contribution in [-0.2, 0) is 14.1 Å². The largest absolute Gasteiger partial charge is 0.368 e. The first kappa shape index (κ1) is 21.8. The number of aromatic nitrogens is 2. The van der Waals surface area contributed by atoms with Crippen molar-refractivity contribution in [3.05, 3.63) is 88.3 Å². The Balaban J connectivity index is 1.50. The quantitative estimate of drug-likeness (QED) is 0.509. The standard InChI is InChI=1S/C27H29N5O2/c1-19-8-7-9-20(16-19)26(33)28-22-17-24-25(30(3)27(34)29(24)2)18-23(22)32-14-12-31(13-15-32)21-10-5-4-6-11-21/h4-11,16-18H,12-15H2,1-3H3,(H,28,33). The van der Waals surface area contributed by atoms with Gasteiger partial charge in [0.25, 0.3) is 5.91 Å². The molecule has 0 atom stereocenters. The highest BCUT2D eigenvalue weighted by Crippen LogP contribution is 2.33. The highest BCUT2D eigenvalue weighted by Gasteiger charge is 2.23. The van der Waals surface area contributed by atoms with Crippen LogP contribution in [0.2, 0.25) is 0 Å². The van der Waals surface area contributed by atoms with Gasteiger partial charge in [0.05, 0.1) is 22.4 Å². The van der Waals surface area contributed by atoms with Gasteiger partial charge in [-0.3, -0.25) is 13.9 Å². The van der Waals surface area contributed by atoms with Crippen LogP contribution < -0.4 is 20.8 Å². The molecule has 34 heavy (non-hydrogen) atoms. The molecular weight excluding hydrogens is 426 g/mol. The van der Waals surface area contributed by atoms with Gasteiger partial charge in [0.15, 0.2) is 0 Å². The van der Waals surface area contributed by atoms with Gasteiger partial charge in [-0.15, -0.1) is 0 Å². The van der Waals surface area contributed by atoms with E-state index >= 15 is 0 Å². The summed E-state index contributed by atoms with van der Waals surface area (Å²) in [7, 11) is 3.54. The number of hydrogen-bond acceptors (Lipinski definition) is 4. The Kier molecular flexibility index (Phi) is 5.61. The van der Waals surface area contributed by atoms with E-state index in [1.807, 2.05) is 49.4 Å². The zero-order chi connectivity index (χ0) is 23.8. The Morgan fingerprint density at radius 2 is 1.44 bits per heavy atom. The SMILES string of the molecule is Cc1cccc(C(=O)Nc2cc3c(cc2N2CCN(c4ccccc4)CC2)n(C)c(=O)n3C)c1. The fraction of sp³-hybridized carbons (Fsp3) is 0.259. The lowest BCUT2D eigenvalue weighted by Crippen LogP contribution is -2.46. The third kappa shape index (κ3) is 3.94.